The number of hydrogen-bond acceptors (Lipinski definition) is 2. The third-order valence-corrected chi connectivity index (χ3v) is 2.29. The summed E-state index contributed by atoms with van der Waals surface area (Å²) in [6.45, 7) is 4.53. The first-order chi connectivity index (χ1) is 7.50. The van der Waals surface area contributed by atoms with Crippen molar-refractivity contribution in [3.05, 3.63) is 35.4 Å². The molecular formula is C12H17F2NO. The van der Waals surface area contributed by atoms with Gasteiger partial charge < -0.3 is 10.4 Å². The summed E-state index contributed by atoms with van der Waals surface area (Å²) in [5.41, 5.74) is 0.0190. The van der Waals surface area contributed by atoms with Crippen molar-refractivity contribution >= 4 is 0 Å². The molecule has 0 spiro atoms. The lowest BCUT2D eigenvalue weighted by Crippen LogP contribution is -2.25. The lowest BCUT2D eigenvalue weighted by Gasteiger charge is -2.14. The maximum absolute atomic E-state index is 13.3. The van der Waals surface area contributed by atoms with Crippen molar-refractivity contribution < 1.29 is 13.9 Å². The van der Waals surface area contributed by atoms with E-state index in [4.69, 9.17) is 0 Å². The Balaban J connectivity index is 2.58. The van der Waals surface area contributed by atoms with Crippen LogP contribution in [0, 0.1) is 11.6 Å². The van der Waals surface area contributed by atoms with Crippen LogP contribution in [0.25, 0.3) is 0 Å². The number of nitrogens with one attached hydrogen (secondary N) is 1. The molecule has 0 saturated heterocycles. The average molecular weight is 229 g/mol. The van der Waals surface area contributed by atoms with Gasteiger partial charge >= 0.3 is 0 Å². The van der Waals surface area contributed by atoms with E-state index in [1.165, 1.54) is 0 Å². The number of benzene rings is 1. The van der Waals surface area contributed by atoms with Crippen LogP contribution in [0.2, 0.25) is 0 Å². The quantitative estimate of drug-likeness (QED) is 0.812. The Morgan fingerprint density at radius 1 is 1.31 bits per heavy atom. The third-order valence-electron chi connectivity index (χ3n) is 2.29. The highest BCUT2D eigenvalue weighted by atomic mass is 19.1. The summed E-state index contributed by atoms with van der Waals surface area (Å²) >= 11 is 0. The lowest BCUT2D eigenvalue weighted by atomic mass is 10.1. The van der Waals surface area contributed by atoms with Crippen molar-refractivity contribution in [3.8, 4) is 0 Å². The first-order valence-electron chi connectivity index (χ1n) is 5.37. The van der Waals surface area contributed by atoms with E-state index < -0.39 is 17.7 Å². The molecule has 1 atom stereocenters. The molecule has 2 nitrogen and oxygen atoms in total. The minimum absolute atomic E-state index is 0.0190. The van der Waals surface area contributed by atoms with Crippen LogP contribution in [0.1, 0.15) is 31.9 Å². The highest BCUT2D eigenvalue weighted by Gasteiger charge is 2.13. The zero-order valence-electron chi connectivity index (χ0n) is 9.50. The molecular weight excluding hydrogens is 212 g/mol. The van der Waals surface area contributed by atoms with Crippen LogP contribution < -0.4 is 5.32 Å². The second kappa shape index (κ2) is 5.92. The molecule has 90 valence electrons. The Kier molecular flexibility index (Phi) is 4.83. The Labute approximate surface area is 94.3 Å². The van der Waals surface area contributed by atoms with E-state index in [0.29, 0.717) is 19.0 Å². The maximum atomic E-state index is 13.3. The molecule has 2 N–H and O–H groups in total. The van der Waals surface area contributed by atoms with Crippen molar-refractivity contribution in [3.63, 3.8) is 0 Å². The summed E-state index contributed by atoms with van der Waals surface area (Å²) in [5.74, 6) is -1.11. The standard InChI is InChI=1S/C12H17F2NO/c1-8(2)15-6-5-12(16)10-7-9(13)3-4-11(10)14/h3-4,7-8,12,15-16H,5-6H2,1-2H3. The van der Waals surface area contributed by atoms with E-state index in [-0.39, 0.29) is 5.56 Å². The molecule has 1 unspecified atom stereocenters. The summed E-state index contributed by atoms with van der Waals surface area (Å²) < 4.78 is 26.1. The van der Waals surface area contributed by atoms with Crippen molar-refractivity contribution in [2.75, 3.05) is 6.54 Å². The van der Waals surface area contributed by atoms with Gasteiger partial charge in [0.2, 0.25) is 0 Å². The summed E-state index contributed by atoms with van der Waals surface area (Å²) in [6, 6.07) is 3.42. The molecule has 0 aliphatic rings. The van der Waals surface area contributed by atoms with E-state index in [1.807, 2.05) is 13.8 Å². The third kappa shape index (κ3) is 3.87. The van der Waals surface area contributed by atoms with Gasteiger partial charge in [0.25, 0.3) is 0 Å². The largest absolute Gasteiger partial charge is 0.388 e. The summed E-state index contributed by atoms with van der Waals surface area (Å²) in [5, 5.41) is 12.8. The Morgan fingerprint density at radius 2 is 2.00 bits per heavy atom. The van der Waals surface area contributed by atoms with Crippen molar-refractivity contribution in [2.45, 2.75) is 32.4 Å². The predicted octanol–water partition coefficient (Wildman–Crippen LogP) is 2.39. The van der Waals surface area contributed by atoms with E-state index in [2.05, 4.69) is 5.32 Å². The van der Waals surface area contributed by atoms with Gasteiger partial charge in [0, 0.05) is 11.6 Å². The van der Waals surface area contributed by atoms with Gasteiger partial charge in [0.1, 0.15) is 11.6 Å². The van der Waals surface area contributed by atoms with Gasteiger partial charge in [-0.2, -0.15) is 0 Å². The Bertz CT molecular complexity index is 342. The molecule has 1 aromatic rings. The maximum Gasteiger partial charge on any atom is 0.129 e. The van der Waals surface area contributed by atoms with Gasteiger partial charge in [-0.1, -0.05) is 13.8 Å². The molecule has 0 amide bonds. The highest BCUT2D eigenvalue weighted by molar-refractivity contribution is 5.20. The number of halogens is 2. The Morgan fingerprint density at radius 3 is 2.62 bits per heavy atom. The van der Waals surface area contributed by atoms with Crippen LogP contribution >= 0.6 is 0 Å². The van der Waals surface area contributed by atoms with Crippen LogP contribution in [-0.4, -0.2) is 17.7 Å². The molecule has 0 bridgehead atoms. The zero-order valence-corrected chi connectivity index (χ0v) is 9.50. The van der Waals surface area contributed by atoms with Gasteiger partial charge in [-0.3, -0.25) is 0 Å². The fourth-order valence-electron chi connectivity index (χ4n) is 1.43. The van der Waals surface area contributed by atoms with E-state index in [0.717, 1.165) is 18.2 Å². The number of aliphatic hydroxyl groups is 1. The summed E-state index contributed by atoms with van der Waals surface area (Å²) in [7, 11) is 0. The summed E-state index contributed by atoms with van der Waals surface area (Å²) in [4.78, 5) is 0. The Hall–Kier alpha value is -1.00. The molecule has 0 heterocycles. The lowest BCUT2D eigenvalue weighted by molar-refractivity contribution is 0.161. The first kappa shape index (κ1) is 13.1. The van der Waals surface area contributed by atoms with E-state index in [9.17, 15) is 13.9 Å². The zero-order chi connectivity index (χ0) is 12.1. The average Bonchev–Trinajstić information content (AvgIpc) is 2.21. The topological polar surface area (TPSA) is 32.3 Å². The van der Waals surface area contributed by atoms with E-state index >= 15 is 0 Å². The molecule has 0 aliphatic carbocycles. The normalized spacial score (nSPS) is 13.1. The molecule has 0 radical (unpaired) electrons. The molecule has 0 aliphatic heterocycles. The molecule has 1 rings (SSSR count). The fourth-order valence-corrected chi connectivity index (χ4v) is 1.43. The van der Waals surface area contributed by atoms with Crippen molar-refractivity contribution in [1.29, 1.82) is 0 Å². The number of aliphatic hydroxyl groups excluding tert-OH is 1. The smallest absolute Gasteiger partial charge is 0.129 e. The van der Waals surface area contributed by atoms with Crippen molar-refractivity contribution in [1.82, 2.24) is 5.32 Å². The van der Waals surface area contributed by atoms with Gasteiger partial charge in [-0.15, -0.1) is 0 Å². The molecule has 16 heavy (non-hydrogen) atoms. The SMILES string of the molecule is CC(C)NCCC(O)c1cc(F)ccc1F. The van der Waals surface area contributed by atoms with Gasteiger partial charge in [0.05, 0.1) is 6.10 Å². The van der Waals surface area contributed by atoms with E-state index in [1.54, 1.807) is 0 Å². The van der Waals surface area contributed by atoms with Gasteiger partial charge in [-0.05, 0) is 31.2 Å². The molecule has 4 heteroatoms. The first-order valence-corrected chi connectivity index (χ1v) is 5.37. The van der Waals surface area contributed by atoms with Crippen LogP contribution in [0.4, 0.5) is 8.78 Å². The predicted molar refractivity (Wildman–Crippen MR) is 59.1 cm³/mol. The number of rotatable bonds is 5. The molecule has 0 fully saturated rings. The van der Waals surface area contributed by atoms with Crippen LogP contribution in [-0.2, 0) is 0 Å². The van der Waals surface area contributed by atoms with Gasteiger partial charge in [-0.25, -0.2) is 8.78 Å². The second-order valence-corrected chi connectivity index (χ2v) is 4.08. The monoisotopic (exact) mass is 229 g/mol. The second-order valence-electron chi connectivity index (χ2n) is 4.08. The summed E-state index contributed by atoms with van der Waals surface area (Å²) in [6.07, 6.45) is -0.611. The minimum Gasteiger partial charge on any atom is -0.388 e. The highest BCUT2D eigenvalue weighted by Crippen LogP contribution is 2.20. The van der Waals surface area contributed by atoms with Crippen LogP contribution in [0.15, 0.2) is 18.2 Å². The molecule has 0 aromatic heterocycles. The van der Waals surface area contributed by atoms with Crippen molar-refractivity contribution in [2.24, 2.45) is 0 Å². The minimum atomic E-state index is -0.970. The van der Waals surface area contributed by atoms with Gasteiger partial charge in [0.15, 0.2) is 0 Å². The van der Waals surface area contributed by atoms with Crippen LogP contribution in [0.5, 0.6) is 0 Å². The number of hydrogen-bond donors (Lipinski definition) is 2. The molecule has 1 aromatic carbocycles. The molecule has 0 saturated carbocycles. The van der Waals surface area contributed by atoms with Crippen LogP contribution in [0.3, 0.4) is 0 Å². The fraction of sp³-hybridized carbons (Fsp3) is 0.500.